The van der Waals surface area contributed by atoms with Gasteiger partial charge in [-0.2, -0.15) is 0 Å². The summed E-state index contributed by atoms with van der Waals surface area (Å²) in [6.07, 6.45) is 1.67. The molecule has 1 N–H and O–H groups in total. The number of hydrogen-bond donors (Lipinski definition) is 1. The molecule has 0 unspecified atom stereocenters. The summed E-state index contributed by atoms with van der Waals surface area (Å²) in [6.45, 7) is 4.77. The van der Waals surface area contributed by atoms with Gasteiger partial charge in [-0.05, 0) is 56.2 Å². The number of carbonyl (C=O) groups is 2. The van der Waals surface area contributed by atoms with Crippen molar-refractivity contribution in [2.75, 3.05) is 17.1 Å². The third kappa shape index (κ3) is 8.15. The van der Waals surface area contributed by atoms with E-state index in [1.807, 2.05) is 13.8 Å². The van der Waals surface area contributed by atoms with Crippen molar-refractivity contribution in [3.63, 3.8) is 0 Å². The molecule has 35 heavy (non-hydrogen) atoms. The summed E-state index contributed by atoms with van der Waals surface area (Å²) in [7, 11) is -3.92. The van der Waals surface area contributed by atoms with Crippen LogP contribution in [0.1, 0.15) is 32.8 Å². The molecular formula is C23H27Cl4N3O4S. The lowest BCUT2D eigenvalue weighted by molar-refractivity contribution is -0.139. The number of nitrogens with one attached hydrogen (secondary N) is 1. The molecule has 0 heterocycles. The van der Waals surface area contributed by atoms with E-state index in [1.165, 1.54) is 23.1 Å². The number of benzene rings is 2. The van der Waals surface area contributed by atoms with Crippen molar-refractivity contribution in [3.05, 3.63) is 62.1 Å². The van der Waals surface area contributed by atoms with Crippen LogP contribution in [0.4, 0.5) is 5.69 Å². The van der Waals surface area contributed by atoms with Crippen LogP contribution in [0.5, 0.6) is 0 Å². The van der Waals surface area contributed by atoms with Crippen molar-refractivity contribution >= 4 is 73.9 Å². The molecule has 7 nitrogen and oxygen atoms in total. The van der Waals surface area contributed by atoms with Gasteiger partial charge in [0.25, 0.3) is 0 Å². The van der Waals surface area contributed by atoms with E-state index in [4.69, 9.17) is 46.4 Å². The number of hydrogen-bond acceptors (Lipinski definition) is 4. The molecular weight excluding hydrogens is 556 g/mol. The number of carbonyl (C=O) groups excluding carboxylic acids is 2. The van der Waals surface area contributed by atoms with Gasteiger partial charge in [-0.25, -0.2) is 8.42 Å². The topological polar surface area (TPSA) is 86.8 Å². The van der Waals surface area contributed by atoms with Gasteiger partial charge in [0.2, 0.25) is 21.8 Å². The maximum atomic E-state index is 13.5. The summed E-state index contributed by atoms with van der Waals surface area (Å²) in [6, 6.07) is 8.12. The zero-order valence-electron chi connectivity index (χ0n) is 19.7. The smallest absolute Gasteiger partial charge is 0.244 e. The van der Waals surface area contributed by atoms with Crippen LogP contribution in [0.3, 0.4) is 0 Å². The first-order valence-electron chi connectivity index (χ1n) is 10.7. The molecule has 0 saturated heterocycles. The third-order valence-corrected chi connectivity index (χ3v) is 7.77. The van der Waals surface area contributed by atoms with Gasteiger partial charge in [0.15, 0.2) is 0 Å². The fourth-order valence-electron chi connectivity index (χ4n) is 3.16. The van der Waals surface area contributed by atoms with Crippen LogP contribution in [0, 0.1) is 0 Å². The first-order chi connectivity index (χ1) is 16.2. The summed E-state index contributed by atoms with van der Waals surface area (Å²) in [5.41, 5.74) is 0.712. The first-order valence-corrected chi connectivity index (χ1v) is 14.1. The van der Waals surface area contributed by atoms with Gasteiger partial charge in [0, 0.05) is 17.6 Å². The summed E-state index contributed by atoms with van der Waals surface area (Å²) in [5, 5.41) is 3.87. The largest absolute Gasteiger partial charge is 0.352 e. The average molecular weight is 583 g/mol. The Hall–Kier alpha value is -1.71. The third-order valence-electron chi connectivity index (χ3n) is 5.36. The molecule has 0 saturated carbocycles. The second-order valence-electron chi connectivity index (χ2n) is 8.13. The molecule has 0 aliphatic carbocycles. The molecule has 2 aromatic carbocycles. The average Bonchev–Trinajstić information content (AvgIpc) is 2.77. The first kappa shape index (κ1) is 29.5. The van der Waals surface area contributed by atoms with Crippen molar-refractivity contribution in [2.24, 2.45) is 0 Å². The Morgan fingerprint density at radius 1 is 0.971 bits per heavy atom. The van der Waals surface area contributed by atoms with Crippen LogP contribution >= 0.6 is 46.4 Å². The van der Waals surface area contributed by atoms with E-state index in [1.54, 1.807) is 25.1 Å². The molecule has 0 spiro atoms. The van der Waals surface area contributed by atoms with Gasteiger partial charge < -0.3 is 10.2 Å². The highest BCUT2D eigenvalue weighted by atomic mass is 35.5. The number of halogens is 4. The molecule has 2 amide bonds. The van der Waals surface area contributed by atoms with Crippen LogP contribution in [0.2, 0.25) is 20.1 Å². The Bertz CT molecular complexity index is 1190. The Kier molecular flexibility index (Phi) is 10.5. The lowest BCUT2D eigenvalue weighted by Gasteiger charge is -2.32. The highest BCUT2D eigenvalue weighted by Crippen LogP contribution is 2.31. The number of rotatable bonds is 10. The van der Waals surface area contributed by atoms with Crippen molar-refractivity contribution in [1.29, 1.82) is 0 Å². The molecule has 0 aromatic heterocycles. The Morgan fingerprint density at radius 2 is 1.63 bits per heavy atom. The van der Waals surface area contributed by atoms with Crippen LogP contribution in [0.25, 0.3) is 0 Å². The van der Waals surface area contributed by atoms with E-state index < -0.39 is 28.5 Å². The highest BCUT2D eigenvalue weighted by Gasteiger charge is 2.31. The predicted octanol–water partition coefficient (Wildman–Crippen LogP) is 5.40. The number of amides is 2. The number of anilines is 1. The Labute approximate surface area is 226 Å². The van der Waals surface area contributed by atoms with Crippen LogP contribution in [-0.4, -0.2) is 50.0 Å². The second-order valence-corrected chi connectivity index (χ2v) is 11.7. The highest BCUT2D eigenvalue weighted by molar-refractivity contribution is 7.92. The predicted molar refractivity (Wildman–Crippen MR) is 143 cm³/mol. The van der Waals surface area contributed by atoms with Gasteiger partial charge in [-0.1, -0.05) is 59.4 Å². The number of nitrogens with zero attached hydrogens (tertiary/aromatic N) is 2. The van der Waals surface area contributed by atoms with E-state index in [0.29, 0.717) is 27.1 Å². The molecule has 2 atom stereocenters. The molecule has 12 heteroatoms. The summed E-state index contributed by atoms with van der Waals surface area (Å²) < 4.78 is 26.1. The quantitative estimate of drug-likeness (QED) is 0.406. The summed E-state index contributed by atoms with van der Waals surface area (Å²) in [4.78, 5) is 27.7. The molecule has 192 valence electrons. The van der Waals surface area contributed by atoms with Crippen LogP contribution < -0.4 is 9.62 Å². The SMILES string of the molecule is CC[C@H](C)NC(=O)[C@H](C)N(Cc1ccc(Cl)c(Cl)c1)C(=O)CN(c1ccc(Cl)cc1Cl)S(C)(=O)=O. The van der Waals surface area contributed by atoms with Gasteiger partial charge in [-0.15, -0.1) is 0 Å². The lowest BCUT2D eigenvalue weighted by Crippen LogP contribution is -2.52. The van der Waals surface area contributed by atoms with Crippen LogP contribution in [-0.2, 0) is 26.2 Å². The zero-order valence-corrected chi connectivity index (χ0v) is 23.5. The van der Waals surface area contributed by atoms with E-state index >= 15 is 0 Å². The monoisotopic (exact) mass is 581 g/mol. The molecule has 0 aliphatic heterocycles. The van der Waals surface area contributed by atoms with Crippen molar-refractivity contribution in [3.8, 4) is 0 Å². The molecule has 2 aromatic rings. The summed E-state index contributed by atoms with van der Waals surface area (Å²) in [5.74, 6) is -0.984. The van der Waals surface area contributed by atoms with E-state index in [0.717, 1.165) is 10.6 Å². The normalized spacial score (nSPS) is 13.1. The molecule has 0 aliphatic rings. The van der Waals surface area contributed by atoms with Gasteiger partial charge in [0.05, 0.1) is 27.0 Å². The second kappa shape index (κ2) is 12.5. The van der Waals surface area contributed by atoms with Crippen molar-refractivity contribution in [2.45, 2.75) is 45.8 Å². The van der Waals surface area contributed by atoms with Crippen molar-refractivity contribution in [1.82, 2.24) is 10.2 Å². The van der Waals surface area contributed by atoms with Gasteiger partial charge in [0.1, 0.15) is 12.6 Å². The van der Waals surface area contributed by atoms with E-state index in [-0.39, 0.29) is 29.2 Å². The van der Waals surface area contributed by atoms with Gasteiger partial charge in [-0.3, -0.25) is 13.9 Å². The fourth-order valence-corrected chi connectivity index (χ4v) is 4.90. The maximum Gasteiger partial charge on any atom is 0.244 e. The minimum atomic E-state index is -3.92. The molecule has 0 radical (unpaired) electrons. The van der Waals surface area contributed by atoms with Gasteiger partial charge >= 0.3 is 0 Å². The standard InChI is InChI=1S/C23H27Cl4N3O4S/c1-5-14(2)28-23(32)15(3)29(12-16-6-8-18(25)19(26)10-16)22(31)13-30(35(4,33)34)21-9-7-17(24)11-20(21)27/h6-11,14-15H,5,12-13H2,1-4H3,(H,28,32)/t14-,15-/m0/s1. The fraction of sp³-hybridized carbons (Fsp3) is 0.391. The Balaban J connectivity index is 2.44. The molecule has 0 bridgehead atoms. The minimum absolute atomic E-state index is 0.00321. The maximum absolute atomic E-state index is 13.5. The lowest BCUT2D eigenvalue weighted by atomic mass is 10.1. The molecule has 0 fully saturated rings. The summed E-state index contributed by atoms with van der Waals surface area (Å²) >= 11 is 24.3. The minimum Gasteiger partial charge on any atom is -0.352 e. The molecule has 2 rings (SSSR count). The number of sulfonamides is 1. The Morgan fingerprint density at radius 3 is 2.17 bits per heavy atom. The van der Waals surface area contributed by atoms with Crippen molar-refractivity contribution < 1.29 is 18.0 Å². The van der Waals surface area contributed by atoms with E-state index in [2.05, 4.69) is 5.32 Å². The van der Waals surface area contributed by atoms with E-state index in [9.17, 15) is 18.0 Å². The zero-order chi connectivity index (χ0) is 26.5. The van der Waals surface area contributed by atoms with Crippen LogP contribution in [0.15, 0.2) is 36.4 Å².